The van der Waals surface area contributed by atoms with E-state index in [1.54, 1.807) is 0 Å². The average molecular weight is 305 g/mol. The minimum absolute atomic E-state index is 0.619. The van der Waals surface area contributed by atoms with Gasteiger partial charge in [0.15, 0.2) is 0 Å². The molecule has 0 amide bonds. The molecule has 0 unspecified atom stereocenters. The van der Waals surface area contributed by atoms with Crippen LogP contribution in [-0.4, -0.2) is 0 Å². The van der Waals surface area contributed by atoms with E-state index >= 15 is 0 Å². The molecule has 2 rings (SSSR count). The minimum atomic E-state index is 0.619. The summed E-state index contributed by atoms with van der Waals surface area (Å²) in [5.41, 5.74) is 2.50. The van der Waals surface area contributed by atoms with E-state index in [-0.39, 0.29) is 0 Å². The molecule has 0 aliphatic carbocycles. The topological polar surface area (TPSA) is 9.23 Å². The van der Waals surface area contributed by atoms with Crippen molar-refractivity contribution in [3.63, 3.8) is 0 Å². The van der Waals surface area contributed by atoms with Crippen LogP contribution in [-0.2, 0) is 13.0 Å². The van der Waals surface area contributed by atoms with Crippen molar-refractivity contribution in [3.8, 4) is 5.75 Å². The second kappa shape index (κ2) is 6.60. The second-order valence-corrected chi connectivity index (χ2v) is 5.13. The summed E-state index contributed by atoms with van der Waals surface area (Å²) in [4.78, 5) is 0. The number of rotatable bonds is 5. The van der Waals surface area contributed by atoms with Crippen LogP contribution in [0, 0.1) is 0 Å². The van der Waals surface area contributed by atoms with Crippen LogP contribution in [0.15, 0.2) is 53.0 Å². The molecule has 0 atom stereocenters. The number of hydrogen-bond acceptors (Lipinski definition) is 1. The third kappa shape index (κ3) is 3.61. The standard InChI is InChI=1S/C16H17BrO/c1-2-6-14-11-15(9-10-16(14)17)18-12-13-7-4-3-5-8-13/h3-5,7-11H,2,6,12H2,1H3. The van der Waals surface area contributed by atoms with Gasteiger partial charge in [0.2, 0.25) is 0 Å². The van der Waals surface area contributed by atoms with Gasteiger partial charge in [-0.2, -0.15) is 0 Å². The zero-order valence-electron chi connectivity index (χ0n) is 10.5. The second-order valence-electron chi connectivity index (χ2n) is 4.28. The van der Waals surface area contributed by atoms with Gasteiger partial charge in [-0.3, -0.25) is 0 Å². The zero-order valence-corrected chi connectivity index (χ0v) is 12.1. The Labute approximate surface area is 117 Å². The summed E-state index contributed by atoms with van der Waals surface area (Å²) in [5.74, 6) is 0.936. The summed E-state index contributed by atoms with van der Waals surface area (Å²) in [6.45, 7) is 2.80. The molecular weight excluding hydrogens is 288 g/mol. The molecule has 0 fully saturated rings. The van der Waals surface area contributed by atoms with E-state index in [9.17, 15) is 0 Å². The molecular formula is C16H17BrO. The first-order valence-electron chi connectivity index (χ1n) is 6.24. The molecule has 0 aliphatic rings. The molecule has 1 nitrogen and oxygen atoms in total. The number of aryl methyl sites for hydroxylation is 1. The summed E-state index contributed by atoms with van der Waals surface area (Å²) in [7, 11) is 0. The Kier molecular flexibility index (Phi) is 4.82. The van der Waals surface area contributed by atoms with Crippen LogP contribution in [0.3, 0.4) is 0 Å². The van der Waals surface area contributed by atoms with Gasteiger partial charge in [-0.05, 0) is 35.7 Å². The lowest BCUT2D eigenvalue weighted by Crippen LogP contribution is -1.96. The number of ether oxygens (including phenoxy) is 1. The molecule has 0 saturated carbocycles. The van der Waals surface area contributed by atoms with Gasteiger partial charge < -0.3 is 4.74 Å². The highest BCUT2D eigenvalue weighted by Crippen LogP contribution is 2.24. The van der Waals surface area contributed by atoms with Gasteiger partial charge in [0.1, 0.15) is 12.4 Å². The largest absolute Gasteiger partial charge is 0.489 e. The lowest BCUT2D eigenvalue weighted by Gasteiger charge is -2.09. The lowest BCUT2D eigenvalue weighted by atomic mass is 10.1. The highest BCUT2D eigenvalue weighted by Gasteiger charge is 2.02. The monoisotopic (exact) mass is 304 g/mol. The van der Waals surface area contributed by atoms with Gasteiger partial charge in [0.25, 0.3) is 0 Å². The van der Waals surface area contributed by atoms with Crippen LogP contribution in [0.4, 0.5) is 0 Å². The summed E-state index contributed by atoms with van der Waals surface area (Å²) in [6, 6.07) is 16.4. The molecule has 0 aliphatic heterocycles. The molecule has 2 heteroatoms. The van der Waals surface area contributed by atoms with Crippen LogP contribution in [0.25, 0.3) is 0 Å². The van der Waals surface area contributed by atoms with Crippen LogP contribution in [0.2, 0.25) is 0 Å². The Morgan fingerprint density at radius 1 is 1.06 bits per heavy atom. The third-order valence-electron chi connectivity index (χ3n) is 2.78. The zero-order chi connectivity index (χ0) is 12.8. The average Bonchev–Trinajstić information content (AvgIpc) is 2.41. The molecule has 2 aromatic rings. The molecule has 0 radical (unpaired) electrons. The van der Waals surface area contributed by atoms with Gasteiger partial charge in [-0.1, -0.05) is 59.6 Å². The van der Waals surface area contributed by atoms with Crippen LogP contribution in [0.5, 0.6) is 5.75 Å². The van der Waals surface area contributed by atoms with E-state index in [1.807, 2.05) is 24.3 Å². The highest BCUT2D eigenvalue weighted by atomic mass is 79.9. The van der Waals surface area contributed by atoms with E-state index in [0.29, 0.717) is 6.61 Å². The van der Waals surface area contributed by atoms with Gasteiger partial charge >= 0.3 is 0 Å². The first kappa shape index (κ1) is 13.2. The molecule has 0 heterocycles. The van der Waals surface area contributed by atoms with E-state index < -0.39 is 0 Å². The first-order chi connectivity index (χ1) is 8.79. The lowest BCUT2D eigenvalue weighted by molar-refractivity contribution is 0.306. The van der Waals surface area contributed by atoms with Gasteiger partial charge in [0.05, 0.1) is 0 Å². The van der Waals surface area contributed by atoms with E-state index in [0.717, 1.165) is 23.1 Å². The third-order valence-corrected chi connectivity index (χ3v) is 3.56. The van der Waals surface area contributed by atoms with Gasteiger partial charge in [-0.25, -0.2) is 0 Å². The fraction of sp³-hybridized carbons (Fsp3) is 0.250. The van der Waals surface area contributed by atoms with Crippen LogP contribution in [0.1, 0.15) is 24.5 Å². The molecule has 0 saturated heterocycles. The molecule has 0 aromatic heterocycles. The predicted octanol–water partition coefficient (Wildman–Crippen LogP) is 4.98. The van der Waals surface area contributed by atoms with Crippen molar-refractivity contribution < 1.29 is 4.74 Å². The molecule has 94 valence electrons. The maximum atomic E-state index is 5.81. The van der Waals surface area contributed by atoms with Crippen molar-refractivity contribution in [1.29, 1.82) is 0 Å². The van der Waals surface area contributed by atoms with E-state index in [4.69, 9.17) is 4.74 Å². The van der Waals surface area contributed by atoms with E-state index in [1.165, 1.54) is 11.1 Å². The van der Waals surface area contributed by atoms with Crippen molar-refractivity contribution in [1.82, 2.24) is 0 Å². The van der Waals surface area contributed by atoms with E-state index in [2.05, 4.69) is 47.1 Å². The minimum Gasteiger partial charge on any atom is -0.489 e. The molecule has 0 bridgehead atoms. The Morgan fingerprint density at radius 2 is 1.83 bits per heavy atom. The Balaban J connectivity index is 2.03. The summed E-state index contributed by atoms with van der Waals surface area (Å²) < 4.78 is 6.98. The smallest absolute Gasteiger partial charge is 0.120 e. The van der Waals surface area contributed by atoms with Crippen molar-refractivity contribution >= 4 is 15.9 Å². The first-order valence-corrected chi connectivity index (χ1v) is 7.04. The fourth-order valence-electron chi connectivity index (χ4n) is 1.84. The summed E-state index contributed by atoms with van der Waals surface area (Å²) in [5, 5.41) is 0. The van der Waals surface area contributed by atoms with Crippen LogP contribution < -0.4 is 4.74 Å². The van der Waals surface area contributed by atoms with Crippen LogP contribution >= 0.6 is 15.9 Å². The number of halogens is 1. The molecule has 0 spiro atoms. The Hall–Kier alpha value is -1.28. The van der Waals surface area contributed by atoms with Crippen molar-refractivity contribution in [2.75, 3.05) is 0 Å². The number of hydrogen-bond donors (Lipinski definition) is 0. The summed E-state index contributed by atoms with van der Waals surface area (Å²) >= 11 is 3.57. The summed E-state index contributed by atoms with van der Waals surface area (Å²) in [6.07, 6.45) is 2.21. The van der Waals surface area contributed by atoms with Gasteiger partial charge in [0, 0.05) is 4.47 Å². The highest BCUT2D eigenvalue weighted by molar-refractivity contribution is 9.10. The number of benzene rings is 2. The molecule has 18 heavy (non-hydrogen) atoms. The SMILES string of the molecule is CCCc1cc(OCc2ccccc2)ccc1Br. The van der Waals surface area contributed by atoms with Crippen molar-refractivity contribution in [3.05, 3.63) is 64.1 Å². The predicted molar refractivity (Wildman–Crippen MR) is 78.9 cm³/mol. The van der Waals surface area contributed by atoms with Crippen molar-refractivity contribution in [2.45, 2.75) is 26.4 Å². The van der Waals surface area contributed by atoms with Gasteiger partial charge in [-0.15, -0.1) is 0 Å². The van der Waals surface area contributed by atoms with Crippen molar-refractivity contribution in [2.24, 2.45) is 0 Å². The Bertz CT molecular complexity index is 494. The molecule has 0 N–H and O–H groups in total. The maximum Gasteiger partial charge on any atom is 0.120 e. The normalized spacial score (nSPS) is 10.3. The Morgan fingerprint density at radius 3 is 2.56 bits per heavy atom. The molecule has 2 aromatic carbocycles. The quantitative estimate of drug-likeness (QED) is 0.757. The fourth-order valence-corrected chi connectivity index (χ4v) is 2.29. The maximum absolute atomic E-state index is 5.81.